The molecular weight excluding hydrogens is 267 g/mol. The van der Waals surface area contributed by atoms with Gasteiger partial charge in [0.15, 0.2) is 11.6 Å². The lowest BCUT2D eigenvalue weighted by atomic mass is 10.1. The molecular formula is C14H12ClFN2O. The summed E-state index contributed by atoms with van der Waals surface area (Å²) in [7, 11) is 0. The van der Waals surface area contributed by atoms with E-state index in [1.165, 1.54) is 6.07 Å². The van der Waals surface area contributed by atoms with Crippen molar-refractivity contribution in [2.45, 2.75) is 18.4 Å². The van der Waals surface area contributed by atoms with E-state index < -0.39 is 11.6 Å². The van der Waals surface area contributed by atoms with Crippen LogP contribution in [0.1, 0.15) is 17.9 Å². The van der Waals surface area contributed by atoms with Gasteiger partial charge in [0.05, 0.1) is 10.7 Å². The van der Waals surface area contributed by atoms with Gasteiger partial charge in [0.25, 0.3) is 0 Å². The average Bonchev–Trinajstić information content (AvgIpc) is 3.14. The third kappa shape index (κ3) is 2.17. The lowest BCUT2D eigenvalue weighted by Crippen LogP contribution is -2.01. The summed E-state index contributed by atoms with van der Waals surface area (Å²) in [6.07, 6.45) is 2.73. The molecule has 5 heteroatoms. The summed E-state index contributed by atoms with van der Waals surface area (Å²) in [6, 6.07) is 6.76. The van der Waals surface area contributed by atoms with Gasteiger partial charge < -0.3 is 10.8 Å². The maximum absolute atomic E-state index is 13.5. The second-order valence-electron chi connectivity index (χ2n) is 4.74. The van der Waals surface area contributed by atoms with Crippen molar-refractivity contribution in [2.75, 3.05) is 0 Å². The number of rotatable bonds is 2. The van der Waals surface area contributed by atoms with Gasteiger partial charge in [0, 0.05) is 23.7 Å². The number of aromatic hydroxyl groups is 1. The van der Waals surface area contributed by atoms with Crippen LogP contribution in [0.2, 0.25) is 5.02 Å². The van der Waals surface area contributed by atoms with Gasteiger partial charge in [-0.05, 0) is 30.2 Å². The largest absolute Gasteiger partial charge is 0.505 e. The molecule has 19 heavy (non-hydrogen) atoms. The molecule has 1 heterocycles. The van der Waals surface area contributed by atoms with Crippen LogP contribution in [-0.4, -0.2) is 16.1 Å². The molecule has 0 aliphatic heterocycles. The molecule has 1 aromatic heterocycles. The molecule has 0 spiro atoms. The second-order valence-corrected chi connectivity index (χ2v) is 5.12. The number of halogens is 2. The lowest BCUT2D eigenvalue weighted by molar-refractivity contribution is 0.433. The summed E-state index contributed by atoms with van der Waals surface area (Å²) in [4.78, 5) is 4.29. The van der Waals surface area contributed by atoms with Crippen molar-refractivity contribution >= 4 is 11.6 Å². The monoisotopic (exact) mass is 278 g/mol. The number of aromatic nitrogens is 1. The Labute approximate surface area is 114 Å². The summed E-state index contributed by atoms with van der Waals surface area (Å²) in [5.74, 6) is -0.905. The van der Waals surface area contributed by atoms with Crippen molar-refractivity contribution in [2.24, 2.45) is 5.73 Å². The molecule has 3 rings (SSSR count). The number of nitrogens with two attached hydrogens (primary N) is 1. The zero-order chi connectivity index (χ0) is 13.6. The highest BCUT2D eigenvalue weighted by molar-refractivity contribution is 6.33. The summed E-state index contributed by atoms with van der Waals surface area (Å²) in [5, 5.41) is 9.11. The standard InChI is InChI=1S/C14H12ClFN2O/c15-13-8(2-4-12(19)14(13)16)11-3-1-7(6-18-11)9-5-10(9)17/h1-4,6,9-10,19H,5,17H2/t9-,10+/m1/s1. The van der Waals surface area contributed by atoms with Crippen LogP contribution >= 0.6 is 11.6 Å². The van der Waals surface area contributed by atoms with Crippen LogP contribution in [0.5, 0.6) is 5.75 Å². The van der Waals surface area contributed by atoms with E-state index in [1.807, 2.05) is 6.07 Å². The average molecular weight is 279 g/mol. The molecule has 0 saturated heterocycles. The third-order valence-corrected chi connectivity index (χ3v) is 3.76. The van der Waals surface area contributed by atoms with Gasteiger partial charge in [-0.25, -0.2) is 4.39 Å². The van der Waals surface area contributed by atoms with Crippen molar-refractivity contribution in [1.82, 2.24) is 4.98 Å². The van der Waals surface area contributed by atoms with Crippen LogP contribution < -0.4 is 5.73 Å². The predicted octanol–water partition coefficient (Wildman–Crippen LogP) is 3.06. The third-order valence-electron chi connectivity index (χ3n) is 3.39. The quantitative estimate of drug-likeness (QED) is 0.887. The smallest absolute Gasteiger partial charge is 0.184 e. The topological polar surface area (TPSA) is 59.1 Å². The van der Waals surface area contributed by atoms with Gasteiger partial charge in [-0.15, -0.1) is 0 Å². The number of pyridine rings is 1. The molecule has 1 aromatic carbocycles. The Hall–Kier alpha value is -1.65. The Morgan fingerprint density at radius 2 is 2.05 bits per heavy atom. The van der Waals surface area contributed by atoms with E-state index in [0.717, 1.165) is 12.0 Å². The van der Waals surface area contributed by atoms with Crippen LogP contribution in [0, 0.1) is 5.82 Å². The van der Waals surface area contributed by atoms with E-state index in [1.54, 1.807) is 18.3 Å². The lowest BCUT2D eigenvalue weighted by Gasteiger charge is -2.07. The first kappa shape index (κ1) is 12.4. The second kappa shape index (κ2) is 4.47. The Balaban J connectivity index is 1.96. The molecule has 1 fully saturated rings. The Morgan fingerprint density at radius 3 is 2.63 bits per heavy atom. The molecule has 0 radical (unpaired) electrons. The van der Waals surface area contributed by atoms with Crippen molar-refractivity contribution in [3.05, 3.63) is 46.9 Å². The predicted molar refractivity (Wildman–Crippen MR) is 71.6 cm³/mol. The minimum atomic E-state index is -0.825. The Morgan fingerprint density at radius 1 is 1.32 bits per heavy atom. The first-order chi connectivity index (χ1) is 9.08. The number of phenolic OH excluding ortho intramolecular Hbond substituents is 1. The molecule has 0 unspecified atom stereocenters. The van der Waals surface area contributed by atoms with Crippen LogP contribution in [0.15, 0.2) is 30.5 Å². The highest BCUT2D eigenvalue weighted by Gasteiger charge is 2.34. The van der Waals surface area contributed by atoms with Crippen molar-refractivity contribution < 1.29 is 9.50 Å². The summed E-state index contributed by atoms with van der Waals surface area (Å²) in [5.41, 5.74) is 7.90. The van der Waals surface area contributed by atoms with E-state index in [4.69, 9.17) is 17.3 Å². The number of benzene rings is 1. The van der Waals surface area contributed by atoms with E-state index in [9.17, 15) is 9.50 Å². The Kier molecular flexibility index (Phi) is 2.92. The van der Waals surface area contributed by atoms with E-state index in [2.05, 4.69) is 4.98 Å². The molecule has 3 nitrogen and oxygen atoms in total. The van der Waals surface area contributed by atoms with E-state index in [-0.39, 0.29) is 11.1 Å². The summed E-state index contributed by atoms with van der Waals surface area (Å²) >= 11 is 5.88. The number of hydrogen-bond donors (Lipinski definition) is 2. The van der Waals surface area contributed by atoms with Crippen molar-refractivity contribution in [1.29, 1.82) is 0 Å². The summed E-state index contributed by atoms with van der Waals surface area (Å²) < 4.78 is 13.5. The zero-order valence-electron chi connectivity index (χ0n) is 9.98. The molecule has 1 aliphatic rings. The van der Waals surface area contributed by atoms with Crippen LogP contribution in [-0.2, 0) is 0 Å². The van der Waals surface area contributed by atoms with Crippen molar-refractivity contribution in [3.63, 3.8) is 0 Å². The maximum atomic E-state index is 13.5. The molecule has 2 atom stereocenters. The highest BCUT2D eigenvalue weighted by atomic mass is 35.5. The van der Waals surface area contributed by atoms with Gasteiger partial charge >= 0.3 is 0 Å². The molecule has 0 amide bonds. The SMILES string of the molecule is N[C@H]1C[C@@H]1c1ccc(-c2ccc(O)c(F)c2Cl)nc1. The van der Waals surface area contributed by atoms with Crippen molar-refractivity contribution in [3.8, 4) is 17.0 Å². The van der Waals surface area contributed by atoms with Gasteiger partial charge in [-0.3, -0.25) is 4.98 Å². The molecule has 1 aliphatic carbocycles. The number of nitrogens with zero attached hydrogens (tertiary/aromatic N) is 1. The Bertz CT molecular complexity index is 630. The molecule has 0 bridgehead atoms. The first-order valence-electron chi connectivity index (χ1n) is 5.97. The number of phenols is 1. The minimum absolute atomic E-state index is 0.122. The van der Waals surface area contributed by atoms with Gasteiger partial charge in [-0.1, -0.05) is 17.7 Å². The highest BCUT2D eigenvalue weighted by Crippen LogP contribution is 2.39. The molecule has 98 valence electrons. The van der Waals surface area contributed by atoms with Crippen LogP contribution in [0.25, 0.3) is 11.3 Å². The van der Waals surface area contributed by atoms with Gasteiger partial charge in [0.1, 0.15) is 0 Å². The fourth-order valence-corrected chi connectivity index (χ4v) is 2.38. The van der Waals surface area contributed by atoms with Crippen LogP contribution in [0.3, 0.4) is 0 Å². The maximum Gasteiger partial charge on any atom is 0.184 e. The van der Waals surface area contributed by atoms with Crippen LogP contribution in [0.4, 0.5) is 4.39 Å². The zero-order valence-corrected chi connectivity index (χ0v) is 10.7. The number of hydrogen-bond acceptors (Lipinski definition) is 3. The fourth-order valence-electron chi connectivity index (χ4n) is 2.12. The minimum Gasteiger partial charge on any atom is -0.505 e. The normalized spacial score (nSPS) is 21.4. The van der Waals surface area contributed by atoms with E-state index >= 15 is 0 Å². The fraction of sp³-hybridized carbons (Fsp3) is 0.214. The van der Waals surface area contributed by atoms with E-state index in [0.29, 0.717) is 17.2 Å². The molecule has 1 saturated carbocycles. The van der Waals surface area contributed by atoms with Gasteiger partial charge in [-0.2, -0.15) is 0 Å². The molecule has 2 aromatic rings. The van der Waals surface area contributed by atoms with Gasteiger partial charge in [0.2, 0.25) is 0 Å². The summed E-state index contributed by atoms with van der Waals surface area (Å²) in [6.45, 7) is 0. The first-order valence-corrected chi connectivity index (χ1v) is 6.34. The molecule has 3 N–H and O–H groups in total.